The molecule has 1 fully saturated rings. The molecule has 1 aliphatic heterocycles. The first kappa shape index (κ1) is 19.8. The molecule has 3 rings (SSSR count). The summed E-state index contributed by atoms with van der Waals surface area (Å²) >= 11 is 3.35. The Bertz CT molecular complexity index is 785. The number of nitrogens with zero attached hydrogens (tertiary/aromatic N) is 1. The fourth-order valence-electron chi connectivity index (χ4n) is 3.07. The van der Waals surface area contributed by atoms with Gasteiger partial charge in [-0.15, -0.1) is 23.5 Å². The van der Waals surface area contributed by atoms with E-state index in [1.807, 2.05) is 17.0 Å². The molecule has 0 N–H and O–H groups in total. The summed E-state index contributed by atoms with van der Waals surface area (Å²) < 4.78 is 16.4. The van der Waals surface area contributed by atoms with E-state index in [4.69, 9.17) is 14.2 Å². The van der Waals surface area contributed by atoms with E-state index >= 15 is 0 Å². The van der Waals surface area contributed by atoms with Crippen LogP contribution in [-0.2, 0) is 11.3 Å². The van der Waals surface area contributed by atoms with E-state index in [1.54, 1.807) is 44.9 Å². The molecule has 1 atom stereocenters. The summed E-state index contributed by atoms with van der Waals surface area (Å²) in [6, 6.07) is 12.0. The number of thioether (sulfide) groups is 2. The van der Waals surface area contributed by atoms with Crippen LogP contribution in [0.5, 0.6) is 17.2 Å². The molecule has 27 heavy (non-hydrogen) atoms. The van der Waals surface area contributed by atoms with Crippen LogP contribution in [-0.4, -0.2) is 44.1 Å². The first-order chi connectivity index (χ1) is 13.1. The number of methoxy groups -OCH3 is 3. The third-order valence-electron chi connectivity index (χ3n) is 4.51. The zero-order valence-corrected chi connectivity index (χ0v) is 17.5. The van der Waals surface area contributed by atoms with Crippen molar-refractivity contribution in [1.82, 2.24) is 4.90 Å². The quantitative estimate of drug-likeness (QED) is 0.643. The Hall–Kier alpha value is -1.99. The minimum atomic E-state index is -0.0232. The summed E-state index contributed by atoms with van der Waals surface area (Å²) in [6.07, 6.45) is 2.05. The van der Waals surface area contributed by atoms with E-state index in [9.17, 15) is 4.79 Å². The summed E-state index contributed by atoms with van der Waals surface area (Å²) in [4.78, 5) is 15.7. The topological polar surface area (TPSA) is 48.0 Å². The molecule has 1 heterocycles. The highest BCUT2D eigenvalue weighted by Gasteiger charge is 2.34. The number of ether oxygens (including phenoxy) is 3. The second-order valence-corrected chi connectivity index (χ2v) is 7.92. The molecule has 0 radical (unpaired) electrons. The monoisotopic (exact) mass is 405 g/mol. The molecule has 144 valence electrons. The van der Waals surface area contributed by atoms with E-state index in [2.05, 4.69) is 30.5 Å². The summed E-state index contributed by atoms with van der Waals surface area (Å²) in [5.41, 5.74) is 1.96. The molecule has 2 aromatic rings. The summed E-state index contributed by atoms with van der Waals surface area (Å²) in [7, 11) is 4.82. The standard InChI is InChI=1S/C20H23NO4S2/c1-23-14-9-17(24-2)16(18(10-14)25-3)11-21-19(22)12-27-20(21)13-5-7-15(26-4)8-6-13/h5-10,20H,11-12H2,1-4H3. The normalized spacial score (nSPS) is 16.5. The fourth-order valence-corrected chi connectivity index (χ4v) is 4.67. The molecule has 1 amide bonds. The number of benzene rings is 2. The molecule has 0 saturated carbocycles. The molecule has 0 spiro atoms. The van der Waals surface area contributed by atoms with Gasteiger partial charge in [0.1, 0.15) is 22.6 Å². The molecule has 0 aromatic heterocycles. The molecule has 1 saturated heterocycles. The van der Waals surface area contributed by atoms with Gasteiger partial charge in [0.15, 0.2) is 0 Å². The lowest BCUT2D eigenvalue weighted by atomic mass is 10.1. The van der Waals surface area contributed by atoms with Crippen molar-refractivity contribution in [2.24, 2.45) is 0 Å². The lowest BCUT2D eigenvalue weighted by Crippen LogP contribution is -2.28. The molecule has 1 aliphatic rings. The lowest BCUT2D eigenvalue weighted by Gasteiger charge is -2.26. The van der Waals surface area contributed by atoms with Crippen LogP contribution >= 0.6 is 23.5 Å². The van der Waals surface area contributed by atoms with Gasteiger partial charge < -0.3 is 19.1 Å². The molecule has 0 bridgehead atoms. The second kappa shape index (κ2) is 8.80. The Kier molecular flexibility index (Phi) is 6.44. The molecule has 5 nitrogen and oxygen atoms in total. The highest BCUT2D eigenvalue weighted by Crippen LogP contribution is 2.43. The first-order valence-electron chi connectivity index (χ1n) is 8.45. The Morgan fingerprint density at radius 1 is 1.07 bits per heavy atom. The van der Waals surface area contributed by atoms with Crippen molar-refractivity contribution in [3.8, 4) is 17.2 Å². The average molecular weight is 406 g/mol. The van der Waals surface area contributed by atoms with Crippen molar-refractivity contribution in [1.29, 1.82) is 0 Å². The third kappa shape index (κ3) is 4.14. The maximum atomic E-state index is 12.6. The van der Waals surface area contributed by atoms with Crippen molar-refractivity contribution in [3.05, 3.63) is 47.5 Å². The fraction of sp³-hybridized carbons (Fsp3) is 0.350. The van der Waals surface area contributed by atoms with Gasteiger partial charge in [-0.05, 0) is 24.0 Å². The predicted molar refractivity (Wildman–Crippen MR) is 110 cm³/mol. The summed E-state index contributed by atoms with van der Waals surface area (Å²) in [6.45, 7) is 0.414. The van der Waals surface area contributed by atoms with Gasteiger partial charge in [-0.2, -0.15) is 0 Å². The van der Waals surface area contributed by atoms with Crippen LogP contribution in [0.2, 0.25) is 0 Å². The van der Waals surface area contributed by atoms with Crippen molar-refractivity contribution in [2.75, 3.05) is 33.3 Å². The van der Waals surface area contributed by atoms with Crippen LogP contribution in [0.4, 0.5) is 0 Å². The predicted octanol–water partition coefficient (Wildman–Crippen LogP) is 4.21. The van der Waals surface area contributed by atoms with E-state index < -0.39 is 0 Å². The van der Waals surface area contributed by atoms with E-state index in [-0.39, 0.29) is 11.3 Å². The number of hydrogen-bond donors (Lipinski definition) is 0. The van der Waals surface area contributed by atoms with Gasteiger partial charge in [0, 0.05) is 17.0 Å². The Labute approximate surface area is 168 Å². The van der Waals surface area contributed by atoms with E-state index in [1.165, 1.54) is 4.90 Å². The molecule has 2 aromatic carbocycles. The highest BCUT2D eigenvalue weighted by atomic mass is 32.2. The van der Waals surface area contributed by atoms with Crippen LogP contribution in [0.25, 0.3) is 0 Å². The van der Waals surface area contributed by atoms with E-state index in [0.29, 0.717) is 29.5 Å². The van der Waals surface area contributed by atoms with Crippen LogP contribution in [0.15, 0.2) is 41.3 Å². The average Bonchev–Trinajstić information content (AvgIpc) is 3.08. The minimum Gasteiger partial charge on any atom is -0.496 e. The van der Waals surface area contributed by atoms with Crippen molar-refractivity contribution in [3.63, 3.8) is 0 Å². The third-order valence-corrected chi connectivity index (χ3v) is 6.51. The van der Waals surface area contributed by atoms with Crippen LogP contribution in [0.3, 0.4) is 0 Å². The maximum absolute atomic E-state index is 12.6. The van der Waals surface area contributed by atoms with Crippen LogP contribution in [0.1, 0.15) is 16.5 Å². The van der Waals surface area contributed by atoms with Crippen molar-refractivity contribution >= 4 is 29.4 Å². The summed E-state index contributed by atoms with van der Waals surface area (Å²) in [5, 5.41) is -0.0232. The largest absolute Gasteiger partial charge is 0.496 e. The van der Waals surface area contributed by atoms with Crippen molar-refractivity contribution < 1.29 is 19.0 Å². The first-order valence-corrected chi connectivity index (χ1v) is 10.7. The zero-order chi connectivity index (χ0) is 19.4. The number of carbonyl (C=O) groups excluding carboxylic acids is 1. The number of rotatable bonds is 7. The minimum absolute atomic E-state index is 0.0232. The Morgan fingerprint density at radius 3 is 2.22 bits per heavy atom. The molecule has 1 unspecified atom stereocenters. The Morgan fingerprint density at radius 2 is 1.70 bits per heavy atom. The number of carbonyl (C=O) groups is 1. The summed E-state index contributed by atoms with van der Waals surface area (Å²) in [5.74, 6) is 2.52. The Balaban J connectivity index is 1.93. The molecular weight excluding hydrogens is 382 g/mol. The van der Waals surface area contributed by atoms with E-state index in [0.717, 1.165) is 11.1 Å². The molecule has 0 aliphatic carbocycles. The molecule has 7 heteroatoms. The van der Waals surface area contributed by atoms with Gasteiger partial charge in [-0.25, -0.2) is 0 Å². The highest BCUT2D eigenvalue weighted by molar-refractivity contribution is 8.00. The van der Waals surface area contributed by atoms with Gasteiger partial charge in [0.25, 0.3) is 0 Å². The van der Waals surface area contributed by atoms with Gasteiger partial charge >= 0.3 is 0 Å². The molecular formula is C20H23NO4S2. The lowest BCUT2D eigenvalue weighted by molar-refractivity contribution is -0.128. The van der Waals surface area contributed by atoms with Gasteiger partial charge in [0.05, 0.1) is 39.2 Å². The maximum Gasteiger partial charge on any atom is 0.234 e. The SMILES string of the molecule is COc1cc(OC)c(CN2C(=O)CSC2c2ccc(SC)cc2)c(OC)c1. The van der Waals surface area contributed by atoms with Gasteiger partial charge in [-0.1, -0.05) is 12.1 Å². The van der Waals surface area contributed by atoms with Gasteiger partial charge in [-0.3, -0.25) is 4.79 Å². The second-order valence-electron chi connectivity index (χ2n) is 5.97. The van der Waals surface area contributed by atoms with Crippen molar-refractivity contribution in [2.45, 2.75) is 16.8 Å². The smallest absolute Gasteiger partial charge is 0.234 e. The zero-order valence-electron chi connectivity index (χ0n) is 15.9. The van der Waals surface area contributed by atoms with Crippen LogP contribution in [0, 0.1) is 0 Å². The number of amides is 1. The van der Waals surface area contributed by atoms with Crippen LogP contribution < -0.4 is 14.2 Å². The van der Waals surface area contributed by atoms with Gasteiger partial charge in [0.2, 0.25) is 5.91 Å². The number of hydrogen-bond acceptors (Lipinski definition) is 6.